The summed E-state index contributed by atoms with van der Waals surface area (Å²) in [6.45, 7) is 1.61. The maximum atomic E-state index is 12.1. The topological polar surface area (TPSA) is 87.0 Å². The third kappa shape index (κ3) is 5.18. The fraction of sp³-hybridized carbons (Fsp3) is 0.211. The van der Waals surface area contributed by atoms with Crippen LogP contribution in [0.3, 0.4) is 0 Å². The van der Waals surface area contributed by atoms with Gasteiger partial charge < -0.3 is 20.0 Å². The molecule has 6 nitrogen and oxygen atoms in total. The monoisotopic (exact) mass is 403 g/mol. The van der Waals surface area contributed by atoms with Crippen molar-refractivity contribution in [2.45, 2.75) is 26.0 Å². The molecule has 0 aliphatic heterocycles. The lowest BCUT2D eigenvalue weighted by Gasteiger charge is -2.15. The maximum Gasteiger partial charge on any atom is 0.308 e. The van der Waals surface area contributed by atoms with Crippen LogP contribution in [0.15, 0.2) is 42.5 Å². The van der Waals surface area contributed by atoms with Gasteiger partial charge in [0.1, 0.15) is 0 Å². The Morgan fingerprint density at radius 1 is 1.15 bits per heavy atom. The summed E-state index contributed by atoms with van der Waals surface area (Å²) < 4.78 is 5.81. The Morgan fingerprint density at radius 2 is 1.85 bits per heavy atom. The average molecular weight is 404 g/mol. The highest BCUT2D eigenvalue weighted by Crippen LogP contribution is 2.14. The molecule has 0 spiro atoms. The third-order valence-corrected chi connectivity index (χ3v) is 4.40. The van der Waals surface area contributed by atoms with Crippen LogP contribution < -0.4 is 5.32 Å². The first kappa shape index (κ1) is 19.1. The number of amides is 1. The molecule has 3 N–H and O–H groups in total. The Balaban J connectivity index is 1.49. The number of imidazole rings is 1. The van der Waals surface area contributed by atoms with Crippen molar-refractivity contribution in [2.75, 3.05) is 0 Å². The number of fused-ring (bicyclic) bond motifs is 1. The number of ether oxygens (including phenoxy) is 1. The number of carbonyl (C=O) groups excluding carboxylic acids is 2. The van der Waals surface area contributed by atoms with Gasteiger partial charge in [-0.05, 0) is 67.5 Å². The molecule has 0 bridgehead atoms. The first-order chi connectivity index (χ1) is 12.9. The van der Waals surface area contributed by atoms with E-state index >= 15 is 0 Å². The van der Waals surface area contributed by atoms with Gasteiger partial charge in [0.05, 0.1) is 11.0 Å². The van der Waals surface area contributed by atoms with E-state index in [9.17, 15) is 9.59 Å². The fourth-order valence-corrected chi connectivity index (χ4v) is 2.98. The molecule has 1 heterocycles. The molecule has 0 fully saturated rings. The van der Waals surface area contributed by atoms with Gasteiger partial charge in [-0.25, -0.2) is 0 Å². The quantitative estimate of drug-likeness (QED) is 0.328. The third-order valence-electron chi connectivity index (χ3n) is 3.95. The minimum atomic E-state index is -0.732. The number of H-pyrrole nitrogens is 2. The highest BCUT2D eigenvalue weighted by molar-refractivity contribution is 7.71. The summed E-state index contributed by atoms with van der Waals surface area (Å²) in [5.41, 5.74) is 3.25. The molecule has 0 saturated carbocycles. The Bertz CT molecular complexity index is 1030. The second-order valence-corrected chi connectivity index (χ2v) is 6.92. The van der Waals surface area contributed by atoms with Crippen molar-refractivity contribution in [2.24, 2.45) is 0 Å². The second kappa shape index (κ2) is 8.37. The molecule has 1 aromatic heterocycles. The Morgan fingerprint density at radius 3 is 2.59 bits per heavy atom. The second-order valence-electron chi connectivity index (χ2n) is 6.07. The van der Waals surface area contributed by atoms with Gasteiger partial charge in [-0.2, -0.15) is 0 Å². The van der Waals surface area contributed by atoms with Crippen LogP contribution in [0.1, 0.15) is 29.3 Å². The zero-order chi connectivity index (χ0) is 19.4. The van der Waals surface area contributed by atoms with Crippen LogP contribution in [-0.2, 0) is 16.0 Å². The van der Waals surface area contributed by atoms with E-state index in [2.05, 4.69) is 15.3 Å². The standard InChI is InChI=1S/C19H18ClN3O3S/c1-11(21-18(25)13-4-6-14(20)7-5-13)26-17(24)9-3-12-2-8-15-16(10-12)23-19(27)22-15/h2,4-8,10-11H,3,9H2,1H3,(H,21,25)(H2,22,23,27). The summed E-state index contributed by atoms with van der Waals surface area (Å²) in [5.74, 6) is -0.721. The maximum absolute atomic E-state index is 12.1. The van der Waals surface area contributed by atoms with Crippen LogP contribution in [0.4, 0.5) is 0 Å². The summed E-state index contributed by atoms with van der Waals surface area (Å²) in [5, 5.41) is 3.17. The molecular formula is C19H18ClN3O3S. The average Bonchev–Trinajstić information content (AvgIpc) is 2.99. The van der Waals surface area contributed by atoms with E-state index in [1.165, 1.54) is 0 Å². The van der Waals surface area contributed by atoms with E-state index in [4.69, 9.17) is 28.6 Å². The van der Waals surface area contributed by atoms with Gasteiger partial charge in [-0.3, -0.25) is 9.59 Å². The number of rotatable bonds is 6. The van der Waals surface area contributed by atoms with E-state index < -0.39 is 6.23 Å². The van der Waals surface area contributed by atoms with Crippen LogP contribution in [0.2, 0.25) is 5.02 Å². The molecule has 1 unspecified atom stereocenters. The Labute approximate surface area is 165 Å². The number of benzene rings is 2. The van der Waals surface area contributed by atoms with Crippen molar-refractivity contribution in [1.82, 2.24) is 15.3 Å². The van der Waals surface area contributed by atoms with Gasteiger partial charge in [0, 0.05) is 17.0 Å². The molecule has 8 heteroatoms. The lowest BCUT2D eigenvalue weighted by Crippen LogP contribution is -2.36. The first-order valence-corrected chi connectivity index (χ1v) is 9.16. The smallest absolute Gasteiger partial charge is 0.308 e. The van der Waals surface area contributed by atoms with Crippen LogP contribution in [-0.4, -0.2) is 28.1 Å². The number of hydrogen-bond donors (Lipinski definition) is 3. The molecule has 1 amide bonds. The Kier molecular flexibility index (Phi) is 5.93. The van der Waals surface area contributed by atoms with E-state index in [1.54, 1.807) is 31.2 Å². The van der Waals surface area contributed by atoms with Crippen molar-refractivity contribution in [3.05, 3.63) is 63.4 Å². The molecule has 2 aromatic carbocycles. The minimum absolute atomic E-state index is 0.206. The zero-order valence-corrected chi connectivity index (χ0v) is 16.1. The van der Waals surface area contributed by atoms with Gasteiger partial charge in [0.15, 0.2) is 11.0 Å². The minimum Gasteiger partial charge on any atom is -0.442 e. The molecule has 27 heavy (non-hydrogen) atoms. The molecule has 3 rings (SSSR count). The van der Waals surface area contributed by atoms with Gasteiger partial charge in [0.2, 0.25) is 0 Å². The number of aryl methyl sites for hydroxylation is 1. The number of esters is 1. The number of aromatic nitrogens is 2. The predicted octanol–water partition coefficient (Wildman–Crippen LogP) is 4.13. The van der Waals surface area contributed by atoms with Crippen LogP contribution in [0, 0.1) is 4.77 Å². The highest BCUT2D eigenvalue weighted by atomic mass is 35.5. The van der Waals surface area contributed by atoms with Crippen molar-refractivity contribution in [3.8, 4) is 0 Å². The zero-order valence-electron chi connectivity index (χ0n) is 14.5. The van der Waals surface area contributed by atoms with Crippen molar-refractivity contribution in [3.63, 3.8) is 0 Å². The molecule has 140 valence electrons. The van der Waals surface area contributed by atoms with Crippen molar-refractivity contribution < 1.29 is 14.3 Å². The lowest BCUT2D eigenvalue weighted by molar-refractivity contribution is -0.149. The largest absolute Gasteiger partial charge is 0.442 e. The number of aromatic amines is 2. The fourth-order valence-electron chi connectivity index (χ4n) is 2.64. The summed E-state index contributed by atoms with van der Waals surface area (Å²) in [6.07, 6.45) is -0.0000999. The molecule has 0 radical (unpaired) electrons. The first-order valence-electron chi connectivity index (χ1n) is 8.37. The van der Waals surface area contributed by atoms with Crippen LogP contribution in [0.5, 0.6) is 0 Å². The highest BCUT2D eigenvalue weighted by Gasteiger charge is 2.14. The number of halogens is 1. The lowest BCUT2D eigenvalue weighted by atomic mass is 10.1. The number of hydrogen-bond acceptors (Lipinski definition) is 4. The van der Waals surface area contributed by atoms with Crippen molar-refractivity contribution >= 4 is 46.7 Å². The molecule has 0 aliphatic rings. The van der Waals surface area contributed by atoms with Gasteiger partial charge in [-0.1, -0.05) is 17.7 Å². The van der Waals surface area contributed by atoms with Gasteiger partial charge in [-0.15, -0.1) is 0 Å². The normalized spacial score (nSPS) is 11.9. The van der Waals surface area contributed by atoms with E-state index in [0.717, 1.165) is 16.6 Å². The SMILES string of the molecule is CC(NC(=O)c1ccc(Cl)cc1)OC(=O)CCc1ccc2[nH]c(=S)[nH]c2c1. The number of carbonyl (C=O) groups is 2. The molecule has 1 atom stereocenters. The summed E-state index contributed by atoms with van der Waals surface area (Å²) in [6, 6.07) is 12.3. The van der Waals surface area contributed by atoms with Crippen LogP contribution in [0.25, 0.3) is 11.0 Å². The Hall–Kier alpha value is -2.64. The molecule has 0 aliphatic carbocycles. The van der Waals surface area contributed by atoms with Gasteiger partial charge in [0.25, 0.3) is 5.91 Å². The van der Waals surface area contributed by atoms with E-state index in [1.807, 2.05) is 18.2 Å². The summed E-state index contributed by atoms with van der Waals surface area (Å²) >= 11 is 10.9. The summed E-state index contributed by atoms with van der Waals surface area (Å²) in [4.78, 5) is 30.2. The van der Waals surface area contributed by atoms with Crippen molar-refractivity contribution in [1.29, 1.82) is 0 Å². The molecular weight excluding hydrogens is 386 g/mol. The number of nitrogens with one attached hydrogen (secondary N) is 3. The van der Waals surface area contributed by atoms with Crippen LogP contribution >= 0.6 is 23.8 Å². The van der Waals surface area contributed by atoms with E-state index in [0.29, 0.717) is 21.8 Å². The molecule has 0 saturated heterocycles. The molecule has 3 aromatic rings. The predicted molar refractivity (Wildman–Crippen MR) is 106 cm³/mol. The van der Waals surface area contributed by atoms with Gasteiger partial charge >= 0.3 is 5.97 Å². The van der Waals surface area contributed by atoms with E-state index in [-0.39, 0.29) is 18.3 Å². The summed E-state index contributed by atoms with van der Waals surface area (Å²) in [7, 11) is 0.